The van der Waals surface area contributed by atoms with Crippen LogP contribution in [0.3, 0.4) is 0 Å². The second-order valence-electron chi connectivity index (χ2n) is 7.07. The number of carbonyl (C=O) groups is 2. The summed E-state index contributed by atoms with van der Waals surface area (Å²) in [6.07, 6.45) is -3.89. The summed E-state index contributed by atoms with van der Waals surface area (Å²) in [5, 5.41) is 5.18. The van der Waals surface area contributed by atoms with Gasteiger partial charge in [0, 0.05) is 12.1 Å². The highest BCUT2D eigenvalue weighted by Gasteiger charge is 2.29. The molecule has 0 atom stereocenters. The van der Waals surface area contributed by atoms with Gasteiger partial charge in [-0.05, 0) is 59.5 Å². The van der Waals surface area contributed by atoms with E-state index in [2.05, 4.69) is 10.6 Å². The van der Waals surface area contributed by atoms with Crippen molar-refractivity contribution < 1.29 is 27.2 Å². The molecule has 2 N–H and O–H groups in total. The summed E-state index contributed by atoms with van der Waals surface area (Å²) in [6.45, 7) is 0.108. The van der Waals surface area contributed by atoms with Crippen LogP contribution in [0.2, 0.25) is 0 Å². The summed E-state index contributed by atoms with van der Waals surface area (Å²) in [4.78, 5) is 24.3. The second kappa shape index (κ2) is 10.1. The Balaban J connectivity index is 1.52. The van der Waals surface area contributed by atoms with E-state index >= 15 is 0 Å². The maximum atomic E-state index is 12.9. The summed E-state index contributed by atoms with van der Waals surface area (Å²) in [6, 6.07) is 17.0. The highest BCUT2D eigenvalue weighted by molar-refractivity contribution is 5.97. The van der Waals surface area contributed by atoms with Gasteiger partial charge in [-0.2, -0.15) is 13.2 Å². The first-order chi connectivity index (χ1) is 15.2. The molecule has 3 aromatic rings. The van der Waals surface area contributed by atoms with E-state index in [-0.39, 0.29) is 23.8 Å². The van der Waals surface area contributed by atoms with Crippen LogP contribution in [-0.2, 0) is 17.4 Å². The Morgan fingerprint density at radius 1 is 0.812 bits per heavy atom. The van der Waals surface area contributed by atoms with E-state index in [1.165, 1.54) is 24.3 Å². The Bertz CT molecular complexity index is 1080. The third-order valence-electron chi connectivity index (χ3n) is 4.73. The SMILES string of the molecule is O=C(CNC(=O)c1cccc(-c2ccc(C(F)(F)F)cc2)c1)NCCc1ccc(F)cc1. The van der Waals surface area contributed by atoms with Crippen molar-refractivity contribution in [2.45, 2.75) is 12.6 Å². The molecule has 0 aliphatic carbocycles. The van der Waals surface area contributed by atoms with Crippen LogP contribution >= 0.6 is 0 Å². The zero-order valence-electron chi connectivity index (χ0n) is 16.9. The van der Waals surface area contributed by atoms with Crippen LogP contribution in [0.25, 0.3) is 11.1 Å². The number of alkyl halides is 3. The smallest absolute Gasteiger partial charge is 0.354 e. The third kappa shape index (κ3) is 6.41. The monoisotopic (exact) mass is 444 g/mol. The van der Waals surface area contributed by atoms with Crippen molar-refractivity contribution in [3.63, 3.8) is 0 Å². The second-order valence-corrected chi connectivity index (χ2v) is 7.07. The van der Waals surface area contributed by atoms with E-state index in [1.54, 1.807) is 36.4 Å². The minimum atomic E-state index is -4.42. The molecule has 3 aromatic carbocycles. The van der Waals surface area contributed by atoms with Crippen LogP contribution < -0.4 is 10.6 Å². The molecule has 4 nitrogen and oxygen atoms in total. The molecule has 0 aliphatic heterocycles. The molecule has 0 spiro atoms. The molecule has 0 aliphatic rings. The van der Waals surface area contributed by atoms with Crippen LogP contribution in [0.5, 0.6) is 0 Å². The highest BCUT2D eigenvalue weighted by atomic mass is 19.4. The van der Waals surface area contributed by atoms with Gasteiger partial charge in [-0.25, -0.2) is 4.39 Å². The van der Waals surface area contributed by atoms with Crippen molar-refractivity contribution >= 4 is 11.8 Å². The molecule has 8 heteroatoms. The van der Waals surface area contributed by atoms with E-state index in [9.17, 15) is 27.2 Å². The van der Waals surface area contributed by atoms with Crippen LogP contribution in [0.15, 0.2) is 72.8 Å². The van der Waals surface area contributed by atoms with Gasteiger partial charge >= 0.3 is 6.18 Å². The summed E-state index contributed by atoms with van der Waals surface area (Å²) in [5.74, 6) is -1.19. The molecule has 0 saturated heterocycles. The maximum absolute atomic E-state index is 12.9. The number of halogens is 4. The summed E-state index contributed by atoms with van der Waals surface area (Å²) in [5.41, 5.74) is 1.51. The first-order valence-corrected chi connectivity index (χ1v) is 9.79. The lowest BCUT2D eigenvalue weighted by Crippen LogP contribution is -2.37. The van der Waals surface area contributed by atoms with Gasteiger partial charge in [-0.3, -0.25) is 9.59 Å². The topological polar surface area (TPSA) is 58.2 Å². The lowest BCUT2D eigenvalue weighted by atomic mass is 10.0. The van der Waals surface area contributed by atoms with Gasteiger partial charge in [0.05, 0.1) is 12.1 Å². The fourth-order valence-electron chi connectivity index (χ4n) is 3.01. The number of nitrogens with one attached hydrogen (secondary N) is 2. The standard InChI is InChI=1S/C24H20F4N2O2/c25-21-10-4-16(5-11-21)12-13-29-22(31)15-30-23(32)19-3-1-2-18(14-19)17-6-8-20(9-7-17)24(26,27)28/h1-11,14H,12-13,15H2,(H,29,31)(H,30,32). The van der Waals surface area contributed by atoms with Gasteiger partial charge in [0.1, 0.15) is 5.82 Å². The van der Waals surface area contributed by atoms with E-state index in [1.807, 2.05) is 0 Å². The third-order valence-corrected chi connectivity index (χ3v) is 4.73. The largest absolute Gasteiger partial charge is 0.416 e. The number of hydrogen-bond acceptors (Lipinski definition) is 2. The van der Waals surface area contributed by atoms with Gasteiger partial charge < -0.3 is 10.6 Å². The Labute approximate surface area is 182 Å². The van der Waals surface area contributed by atoms with Crippen molar-refractivity contribution in [3.05, 3.63) is 95.3 Å². The fraction of sp³-hybridized carbons (Fsp3) is 0.167. The molecular weight excluding hydrogens is 424 g/mol. The molecule has 2 amide bonds. The van der Waals surface area contributed by atoms with Crippen LogP contribution in [0, 0.1) is 5.82 Å². The zero-order chi connectivity index (χ0) is 23.1. The molecule has 3 rings (SSSR count). The first-order valence-electron chi connectivity index (χ1n) is 9.79. The van der Waals surface area contributed by atoms with E-state index < -0.39 is 17.6 Å². The first kappa shape index (κ1) is 23.0. The van der Waals surface area contributed by atoms with Gasteiger partial charge in [-0.1, -0.05) is 36.4 Å². The number of benzene rings is 3. The van der Waals surface area contributed by atoms with Crippen LogP contribution in [0.4, 0.5) is 17.6 Å². The zero-order valence-corrected chi connectivity index (χ0v) is 16.9. The molecular formula is C24H20F4N2O2. The van der Waals surface area contributed by atoms with Gasteiger partial charge in [-0.15, -0.1) is 0 Å². The molecule has 0 fully saturated rings. The normalized spacial score (nSPS) is 11.1. The van der Waals surface area contributed by atoms with E-state index in [0.717, 1.165) is 17.7 Å². The maximum Gasteiger partial charge on any atom is 0.416 e. The molecule has 0 unspecified atom stereocenters. The summed E-state index contributed by atoms with van der Waals surface area (Å²) < 4.78 is 51.0. The van der Waals surface area contributed by atoms with Crippen molar-refractivity contribution in [3.8, 4) is 11.1 Å². The predicted molar refractivity (Wildman–Crippen MR) is 112 cm³/mol. The Morgan fingerprint density at radius 2 is 1.50 bits per heavy atom. The molecule has 0 radical (unpaired) electrons. The quantitative estimate of drug-likeness (QED) is 0.524. The number of rotatable bonds is 7. The van der Waals surface area contributed by atoms with Crippen molar-refractivity contribution in [2.75, 3.05) is 13.1 Å². The average molecular weight is 444 g/mol. The van der Waals surface area contributed by atoms with Gasteiger partial charge in [0.25, 0.3) is 5.91 Å². The van der Waals surface area contributed by atoms with Crippen molar-refractivity contribution in [2.24, 2.45) is 0 Å². The number of hydrogen-bond donors (Lipinski definition) is 2. The Hall–Kier alpha value is -3.68. The molecule has 32 heavy (non-hydrogen) atoms. The Morgan fingerprint density at radius 3 is 2.16 bits per heavy atom. The van der Waals surface area contributed by atoms with Crippen molar-refractivity contribution in [1.29, 1.82) is 0 Å². The fourth-order valence-corrected chi connectivity index (χ4v) is 3.01. The van der Waals surface area contributed by atoms with Gasteiger partial charge in [0.2, 0.25) is 5.91 Å². The van der Waals surface area contributed by atoms with E-state index in [4.69, 9.17) is 0 Å². The molecule has 0 aromatic heterocycles. The molecule has 0 saturated carbocycles. The summed E-state index contributed by atoms with van der Waals surface area (Å²) >= 11 is 0. The average Bonchev–Trinajstić information content (AvgIpc) is 2.78. The van der Waals surface area contributed by atoms with Gasteiger partial charge in [0.15, 0.2) is 0 Å². The molecule has 0 heterocycles. The number of amides is 2. The molecule has 166 valence electrons. The Kier molecular flexibility index (Phi) is 7.25. The summed E-state index contributed by atoms with van der Waals surface area (Å²) in [7, 11) is 0. The molecule has 0 bridgehead atoms. The van der Waals surface area contributed by atoms with Crippen molar-refractivity contribution in [1.82, 2.24) is 10.6 Å². The lowest BCUT2D eigenvalue weighted by molar-refractivity contribution is -0.137. The minimum Gasteiger partial charge on any atom is -0.354 e. The van der Waals surface area contributed by atoms with Crippen LogP contribution in [-0.4, -0.2) is 24.9 Å². The van der Waals surface area contributed by atoms with E-state index in [0.29, 0.717) is 24.1 Å². The lowest BCUT2D eigenvalue weighted by Gasteiger charge is -2.10. The highest BCUT2D eigenvalue weighted by Crippen LogP contribution is 2.31. The number of carbonyl (C=O) groups excluding carboxylic acids is 2. The predicted octanol–water partition coefficient (Wildman–Crippen LogP) is 4.60. The van der Waals surface area contributed by atoms with Crippen LogP contribution in [0.1, 0.15) is 21.5 Å². The minimum absolute atomic E-state index is 0.229.